The van der Waals surface area contributed by atoms with Gasteiger partial charge < -0.3 is 20.9 Å². The molecule has 0 spiro atoms. The van der Waals surface area contributed by atoms with E-state index in [1.165, 1.54) is 6.92 Å². The van der Waals surface area contributed by atoms with Gasteiger partial charge in [-0.05, 0) is 42.2 Å². The number of benzene rings is 2. The van der Waals surface area contributed by atoms with E-state index in [0.717, 1.165) is 16.7 Å². The van der Waals surface area contributed by atoms with Gasteiger partial charge in [0.15, 0.2) is 0 Å². The minimum absolute atomic E-state index is 0.00785. The van der Waals surface area contributed by atoms with Crippen LogP contribution in [0.1, 0.15) is 40.9 Å². The molecule has 7 nitrogen and oxygen atoms in total. The van der Waals surface area contributed by atoms with Crippen LogP contribution < -0.4 is 11.1 Å². The van der Waals surface area contributed by atoms with E-state index in [1.807, 2.05) is 37.3 Å². The van der Waals surface area contributed by atoms with Gasteiger partial charge in [0.25, 0.3) is 0 Å². The quantitative estimate of drug-likeness (QED) is 0.816. The number of hydrogen-bond acceptors (Lipinski definition) is 3. The summed E-state index contributed by atoms with van der Waals surface area (Å²) in [5.41, 5.74) is 9.41. The van der Waals surface area contributed by atoms with Crippen LogP contribution in [0, 0.1) is 0 Å². The highest BCUT2D eigenvalue weighted by Gasteiger charge is 2.24. The smallest absolute Gasteiger partial charge is 0.322 e. The molecule has 152 valence electrons. The molecular formula is C22H26N4O3. The van der Waals surface area contributed by atoms with Crippen LogP contribution in [0.5, 0.6) is 0 Å². The Hall–Kier alpha value is -3.35. The fourth-order valence-electron chi connectivity index (χ4n) is 3.64. The maximum absolute atomic E-state index is 12.9. The summed E-state index contributed by atoms with van der Waals surface area (Å²) in [5, 5.41) is 2.97. The van der Waals surface area contributed by atoms with E-state index in [4.69, 9.17) is 5.73 Å². The van der Waals surface area contributed by atoms with Crippen LogP contribution in [-0.2, 0) is 24.3 Å². The Morgan fingerprint density at radius 1 is 1.14 bits per heavy atom. The maximum Gasteiger partial charge on any atom is 0.322 e. The Morgan fingerprint density at radius 3 is 2.59 bits per heavy atom. The minimum atomic E-state index is -0.445. The standard InChI is InChI=1S/C22H26N4O3/c1-3-25(15(2)27)14-17-7-4-5-10-20(17)24-22(29)26-12-11-18-16(13-26)8-6-9-19(18)21(23)28/h4-10H,3,11-14H2,1-2H3,(H2,23,28)(H,24,29). The van der Waals surface area contributed by atoms with Gasteiger partial charge in [-0.2, -0.15) is 0 Å². The Bertz CT molecular complexity index is 941. The van der Waals surface area contributed by atoms with Crippen molar-refractivity contribution in [2.45, 2.75) is 33.4 Å². The number of para-hydroxylation sites is 1. The average molecular weight is 394 g/mol. The number of amides is 4. The molecule has 7 heteroatoms. The molecule has 0 saturated carbocycles. The van der Waals surface area contributed by atoms with Crippen molar-refractivity contribution < 1.29 is 14.4 Å². The monoisotopic (exact) mass is 394 g/mol. The van der Waals surface area contributed by atoms with Gasteiger partial charge >= 0.3 is 6.03 Å². The van der Waals surface area contributed by atoms with Gasteiger partial charge in [0.1, 0.15) is 0 Å². The first kappa shape index (κ1) is 20.4. The highest BCUT2D eigenvalue weighted by molar-refractivity contribution is 5.95. The number of nitrogens with zero attached hydrogens (tertiary/aromatic N) is 2. The molecule has 0 aliphatic carbocycles. The second kappa shape index (κ2) is 8.77. The number of urea groups is 1. The van der Waals surface area contributed by atoms with Gasteiger partial charge in [0.2, 0.25) is 11.8 Å². The predicted octanol–water partition coefficient (Wildman–Crippen LogP) is 2.74. The first-order chi connectivity index (χ1) is 13.9. The van der Waals surface area contributed by atoms with Crippen LogP contribution in [0.3, 0.4) is 0 Å². The third kappa shape index (κ3) is 4.56. The Labute approximate surface area is 170 Å². The number of carbonyl (C=O) groups is 3. The highest BCUT2D eigenvalue weighted by atomic mass is 16.2. The van der Waals surface area contributed by atoms with Crippen molar-refractivity contribution in [3.05, 3.63) is 64.7 Å². The first-order valence-corrected chi connectivity index (χ1v) is 9.70. The molecule has 0 atom stereocenters. The molecule has 1 aliphatic heterocycles. The zero-order chi connectivity index (χ0) is 21.0. The zero-order valence-corrected chi connectivity index (χ0v) is 16.8. The molecule has 0 bridgehead atoms. The van der Waals surface area contributed by atoms with Gasteiger partial charge in [0.05, 0.1) is 0 Å². The molecule has 4 amide bonds. The van der Waals surface area contributed by atoms with Crippen LogP contribution in [-0.4, -0.2) is 40.7 Å². The van der Waals surface area contributed by atoms with E-state index in [0.29, 0.717) is 43.9 Å². The summed E-state index contributed by atoms with van der Waals surface area (Å²) < 4.78 is 0. The average Bonchev–Trinajstić information content (AvgIpc) is 2.71. The number of rotatable bonds is 5. The molecule has 1 aliphatic rings. The summed E-state index contributed by atoms with van der Waals surface area (Å²) in [7, 11) is 0. The largest absolute Gasteiger partial charge is 0.366 e. The minimum Gasteiger partial charge on any atom is -0.366 e. The number of primary amides is 1. The van der Waals surface area contributed by atoms with Crippen LogP contribution in [0.4, 0.5) is 10.5 Å². The lowest BCUT2D eigenvalue weighted by molar-refractivity contribution is -0.129. The third-order valence-electron chi connectivity index (χ3n) is 5.27. The summed E-state index contributed by atoms with van der Waals surface area (Å²) in [6, 6.07) is 12.7. The third-order valence-corrected chi connectivity index (χ3v) is 5.27. The van der Waals surface area contributed by atoms with Crippen molar-refractivity contribution in [1.82, 2.24) is 9.80 Å². The SMILES string of the molecule is CCN(Cc1ccccc1NC(=O)N1CCc2c(cccc2C(N)=O)C1)C(C)=O. The van der Waals surface area contributed by atoms with Crippen LogP contribution in [0.25, 0.3) is 0 Å². The summed E-state index contributed by atoms with van der Waals surface area (Å²) in [5.74, 6) is -0.453. The normalized spacial score (nSPS) is 12.8. The first-order valence-electron chi connectivity index (χ1n) is 9.70. The Kier molecular flexibility index (Phi) is 6.16. The molecule has 3 rings (SSSR count). The van der Waals surface area contributed by atoms with Gasteiger partial charge in [0, 0.05) is 44.4 Å². The molecule has 0 saturated heterocycles. The number of anilines is 1. The molecule has 1 heterocycles. The van der Waals surface area contributed by atoms with Crippen molar-refractivity contribution >= 4 is 23.5 Å². The van der Waals surface area contributed by atoms with Crippen molar-refractivity contribution in [3.63, 3.8) is 0 Å². The van der Waals surface area contributed by atoms with Crippen LogP contribution in [0.15, 0.2) is 42.5 Å². The van der Waals surface area contributed by atoms with Gasteiger partial charge in [-0.1, -0.05) is 30.3 Å². The van der Waals surface area contributed by atoms with Gasteiger partial charge in [-0.15, -0.1) is 0 Å². The fraction of sp³-hybridized carbons (Fsp3) is 0.318. The molecular weight excluding hydrogens is 368 g/mol. The van der Waals surface area contributed by atoms with E-state index in [9.17, 15) is 14.4 Å². The molecule has 3 N–H and O–H groups in total. The van der Waals surface area contributed by atoms with E-state index in [-0.39, 0.29) is 11.9 Å². The van der Waals surface area contributed by atoms with E-state index in [1.54, 1.807) is 21.9 Å². The molecule has 0 aromatic heterocycles. The molecule has 0 radical (unpaired) electrons. The van der Waals surface area contributed by atoms with Crippen molar-refractivity contribution in [2.75, 3.05) is 18.4 Å². The number of hydrogen-bond donors (Lipinski definition) is 2. The van der Waals surface area contributed by atoms with Crippen molar-refractivity contribution in [2.24, 2.45) is 5.73 Å². The van der Waals surface area contributed by atoms with E-state index < -0.39 is 5.91 Å². The Balaban J connectivity index is 1.74. The lowest BCUT2D eigenvalue weighted by atomic mass is 9.94. The van der Waals surface area contributed by atoms with Gasteiger partial charge in [-0.25, -0.2) is 4.79 Å². The van der Waals surface area contributed by atoms with Gasteiger partial charge in [-0.3, -0.25) is 9.59 Å². The zero-order valence-electron chi connectivity index (χ0n) is 16.8. The molecule has 0 fully saturated rings. The number of fused-ring (bicyclic) bond motifs is 1. The number of nitrogens with two attached hydrogens (primary N) is 1. The molecule has 29 heavy (non-hydrogen) atoms. The molecule has 2 aromatic carbocycles. The maximum atomic E-state index is 12.9. The predicted molar refractivity (Wildman–Crippen MR) is 111 cm³/mol. The fourth-order valence-corrected chi connectivity index (χ4v) is 3.64. The second-order valence-electron chi connectivity index (χ2n) is 7.10. The lowest BCUT2D eigenvalue weighted by Gasteiger charge is -2.30. The van der Waals surface area contributed by atoms with Crippen molar-refractivity contribution in [3.8, 4) is 0 Å². The van der Waals surface area contributed by atoms with E-state index in [2.05, 4.69) is 5.32 Å². The summed E-state index contributed by atoms with van der Waals surface area (Å²) in [4.78, 5) is 39.7. The summed E-state index contributed by atoms with van der Waals surface area (Å²) in [6.45, 7) is 5.42. The van der Waals surface area contributed by atoms with Crippen molar-refractivity contribution in [1.29, 1.82) is 0 Å². The second-order valence-corrected chi connectivity index (χ2v) is 7.10. The lowest BCUT2D eigenvalue weighted by Crippen LogP contribution is -2.39. The highest BCUT2D eigenvalue weighted by Crippen LogP contribution is 2.24. The van der Waals surface area contributed by atoms with Crippen LogP contribution in [0.2, 0.25) is 0 Å². The van der Waals surface area contributed by atoms with E-state index >= 15 is 0 Å². The number of nitrogens with one attached hydrogen (secondary N) is 1. The summed E-state index contributed by atoms with van der Waals surface area (Å²) in [6.07, 6.45) is 0.581. The number of carbonyl (C=O) groups excluding carboxylic acids is 3. The topological polar surface area (TPSA) is 95.7 Å². The molecule has 2 aromatic rings. The Morgan fingerprint density at radius 2 is 1.90 bits per heavy atom. The van der Waals surface area contributed by atoms with Crippen LogP contribution >= 0.6 is 0 Å². The molecule has 0 unspecified atom stereocenters. The summed E-state index contributed by atoms with van der Waals surface area (Å²) >= 11 is 0.